The Balaban J connectivity index is 1.96. The molecule has 1 aromatic rings. The molecule has 1 heterocycles. The van der Waals surface area contributed by atoms with Crippen LogP contribution in [0.4, 0.5) is 0 Å². The van der Waals surface area contributed by atoms with Crippen LogP contribution in [0, 0.1) is 5.41 Å². The van der Waals surface area contributed by atoms with Crippen LogP contribution in [0.5, 0.6) is 0 Å². The van der Waals surface area contributed by atoms with Crippen molar-refractivity contribution in [2.75, 3.05) is 6.54 Å². The summed E-state index contributed by atoms with van der Waals surface area (Å²) in [5, 5.41) is 4.42. The lowest BCUT2D eigenvalue weighted by atomic mass is 9.80. The van der Waals surface area contributed by atoms with Gasteiger partial charge in [0.15, 0.2) is 0 Å². The van der Waals surface area contributed by atoms with Crippen molar-refractivity contribution >= 4 is 11.8 Å². The number of nitrogens with one attached hydrogen (secondary N) is 1. The molecule has 0 saturated heterocycles. The van der Waals surface area contributed by atoms with E-state index in [1.807, 2.05) is 0 Å². The lowest BCUT2D eigenvalue weighted by Crippen LogP contribution is -2.37. The zero-order chi connectivity index (χ0) is 14.6. The van der Waals surface area contributed by atoms with Gasteiger partial charge < -0.3 is 5.32 Å². The maximum atomic E-state index is 3.66. The molecule has 1 nitrogen and oxygen atoms in total. The first kappa shape index (κ1) is 15.9. The molecule has 0 aliphatic carbocycles. The third kappa shape index (κ3) is 4.26. The third-order valence-electron chi connectivity index (χ3n) is 4.22. The van der Waals surface area contributed by atoms with Crippen molar-refractivity contribution in [3.8, 4) is 0 Å². The molecule has 0 aromatic heterocycles. The van der Waals surface area contributed by atoms with E-state index in [-0.39, 0.29) is 0 Å². The monoisotopic (exact) mass is 291 g/mol. The van der Waals surface area contributed by atoms with Crippen molar-refractivity contribution in [1.29, 1.82) is 0 Å². The Labute approximate surface area is 128 Å². The number of rotatable bonds is 7. The van der Waals surface area contributed by atoms with Crippen molar-refractivity contribution in [2.45, 2.75) is 69.6 Å². The molecule has 0 radical (unpaired) electrons. The molecule has 1 aromatic carbocycles. The molecule has 1 N–H and O–H groups in total. The quantitative estimate of drug-likeness (QED) is 0.767. The highest BCUT2D eigenvalue weighted by Crippen LogP contribution is 2.43. The van der Waals surface area contributed by atoms with Crippen LogP contribution >= 0.6 is 11.8 Å². The van der Waals surface area contributed by atoms with Crippen molar-refractivity contribution in [1.82, 2.24) is 5.32 Å². The topological polar surface area (TPSA) is 12.0 Å². The van der Waals surface area contributed by atoms with E-state index in [4.69, 9.17) is 0 Å². The van der Waals surface area contributed by atoms with Crippen LogP contribution in [0.2, 0.25) is 0 Å². The molecular formula is C18H29NS. The van der Waals surface area contributed by atoms with Gasteiger partial charge in [-0.1, -0.05) is 52.3 Å². The van der Waals surface area contributed by atoms with Gasteiger partial charge in [-0.05, 0) is 36.3 Å². The van der Waals surface area contributed by atoms with Crippen molar-refractivity contribution in [3.63, 3.8) is 0 Å². The lowest BCUT2D eigenvalue weighted by Gasteiger charge is -2.33. The SMILES string of the molecule is CCCC(C)(CNC(C)C)CC1Cc2ccccc2S1. The molecule has 1 aliphatic heterocycles. The summed E-state index contributed by atoms with van der Waals surface area (Å²) in [5.41, 5.74) is 1.98. The van der Waals surface area contributed by atoms with Crippen LogP contribution in [0.3, 0.4) is 0 Å². The van der Waals surface area contributed by atoms with Gasteiger partial charge in [0.05, 0.1) is 0 Å². The van der Waals surface area contributed by atoms with Crippen molar-refractivity contribution in [3.05, 3.63) is 29.8 Å². The van der Waals surface area contributed by atoms with Crippen molar-refractivity contribution < 1.29 is 0 Å². The first-order valence-electron chi connectivity index (χ1n) is 8.00. The number of fused-ring (bicyclic) bond motifs is 1. The molecule has 0 spiro atoms. The van der Waals surface area contributed by atoms with E-state index in [1.54, 1.807) is 5.56 Å². The van der Waals surface area contributed by atoms with Gasteiger partial charge in [-0.25, -0.2) is 0 Å². The zero-order valence-electron chi connectivity index (χ0n) is 13.4. The fraction of sp³-hybridized carbons (Fsp3) is 0.667. The summed E-state index contributed by atoms with van der Waals surface area (Å²) in [6, 6.07) is 9.50. The minimum absolute atomic E-state index is 0.429. The second kappa shape index (κ2) is 7.00. The summed E-state index contributed by atoms with van der Waals surface area (Å²) in [6.45, 7) is 10.4. The predicted octanol–water partition coefficient (Wildman–Crippen LogP) is 4.90. The van der Waals surface area contributed by atoms with Crippen LogP contribution in [0.15, 0.2) is 29.2 Å². The van der Waals surface area contributed by atoms with E-state index in [0.717, 1.165) is 11.8 Å². The Kier molecular flexibility index (Phi) is 5.57. The molecule has 0 saturated carbocycles. The van der Waals surface area contributed by atoms with E-state index in [2.05, 4.69) is 69.0 Å². The van der Waals surface area contributed by atoms with Crippen LogP contribution < -0.4 is 5.32 Å². The number of hydrogen-bond acceptors (Lipinski definition) is 2. The Morgan fingerprint density at radius 1 is 1.35 bits per heavy atom. The summed E-state index contributed by atoms with van der Waals surface area (Å²) >= 11 is 2.10. The first-order valence-corrected chi connectivity index (χ1v) is 8.88. The van der Waals surface area contributed by atoms with E-state index >= 15 is 0 Å². The van der Waals surface area contributed by atoms with Gasteiger partial charge in [-0.15, -0.1) is 11.8 Å². The van der Waals surface area contributed by atoms with Gasteiger partial charge in [-0.3, -0.25) is 0 Å². The highest BCUT2D eigenvalue weighted by Gasteiger charge is 2.31. The molecule has 0 amide bonds. The average molecular weight is 292 g/mol. The minimum atomic E-state index is 0.429. The molecule has 112 valence electrons. The number of hydrogen-bond donors (Lipinski definition) is 1. The van der Waals surface area contributed by atoms with E-state index in [9.17, 15) is 0 Å². The van der Waals surface area contributed by atoms with Crippen LogP contribution in [0.25, 0.3) is 0 Å². The Morgan fingerprint density at radius 2 is 2.10 bits per heavy atom. The van der Waals surface area contributed by atoms with Gasteiger partial charge in [0.25, 0.3) is 0 Å². The molecule has 0 fully saturated rings. The standard InChI is InChI=1S/C18H29NS/c1-5-10-18(4,13-19-14(2)3)12-16-11-15-8-6-7-9-17(15)20-16/h6-9,14,16,19H,5,10-13H2,1-4H3. The smallest absolute Gasteiger partial charge is 0.0141 e. The Morgan fingerprint density at radius 3 is 2.75 bits per heavy atom. The Bertz CT molecular complexity index is 404. The maximum absolute atomic E-state index is 3.66. The number of benzene rings is 1. The van der Waals surface area contributed by atoms with E-state index < -0.39 is 0 Å². The average Bonchev–Trinajstić information content (AvgIpc) is 2.78. The van der Waals surface area contributed by atoms with Crippen LogP contribution in [-0.4, -0.2) is 17.8 Å². The molecule has 2 rings (SSSR count). The van der Waals surface area contributed by atoms with Crippen LogP contribution in [-0.2, 0) is 6.42 Å². The highest BCUT2D eigenvalue weighted by molar-refractivity contribution is 8.00. The van der Waals surface area contributed by atoms with Gasteiger partial charge >= 0.3 is 0 Å². The van der Waals surface area contributed by atoms with E-state index in [0.29, 0.717) is 11.5 Å². The lowest BCUT2D eigenvalue weighted by molar-refractivity contribution is 0.246. The highest BCUT2D eigenvalue weighted by atomic mass is 32.2. The maximum Gasteiger partial charge on any atom is 0.0141 e. The third-order valence-corrected chi connectivity index (χ3v) is 5.54. The van der Waals surface area contributed by atoms with Gasteiger partial charge in [0.2, 0.25) is 0 Å². The molecular weight excluding hydrogens is 262 g/mol. The summed E-state index contributed by atoms with van der Waals surface area (Å²) in [4.78, 5) is 1.51. The second-order valence-corrected chi connectivity index (χ2v) is 8.19. The largest absolute Gasteiger partial charge is 0.314 e. The molecule has 0 bridgehead atoms. The second-order valence-electron chi connectivity index (χ2n) is 6.85. The molecule has 2 heteroatoms. The van der Waals surface area contributed by atoms with Gasteiger partial charge in [0.1, 0.15) is 0 Å². The normalized spacial score (nSPS) is 20.9. The fourth-order valence-corrected chi connectivity index (χ4v) is 4.80. The van der Waals surface area contributed by atoms with Gasteiger partial charge in [0, 0.05) is 22.7 Å². The molecule has 1 aliphatic rings. The summed E-state index contributed by atoms with van der Waals surface area (Å²) < 4.78 is 0. The summed E-state index contributed by atoms with van der Waals surface area (Å²) in [6.07, 6.45) is 5.17. The van der Waals surface area contributed by atoms with Gasteiger partial charge in [-0.2, -0.15) is 0 Å². The summed E-state index contributed by atoms with van der Waals surface area (Å²) in [5.74, 6) is 0. The first-order chi connectivity index (χ1) is 9.52. The fourth-order valence-electron chi connectivity index (χ4n) is 3.23. The minimum Gasteiger partial charge on any atom is -0.314 e. The molecule has 20 heavy (non-hydrogen) atoms. The molecule has 2 atom stereocenters. The van der Waals surface area contributed by atoms with Crippen molar-refractivity contribution in [2.24, 2.45) is 5.41 Å². The summed E-state index contributed by atoms with van der Waals surface area (Å²) in [7, 11) is 0. The predicted molar refractivity (Wildman–Crippen MR) is 90.6 cm³/mol. The van der Waals surface area contributed by atoms with E-state index in [1.165, 1.54) is 30.6 Å². The van der Waals surface area contributed by atoms with Crippen LogP contribution in [0.1, 0.15) is 52.5 Å². The number of thioether (sulfide) groups is 1. The molecule has 2 unspecified atom stereocenters. The Hall–Kier alpha value is -0.470. The zero-order valence-corrected chi connectivity index (χ0v) is 14.2.